The zero-order valence-corrected chi connectivity index (χ0v) is 8.75. The highest BCUT2D eigenvalue weighted by Gasteiger charge is 1.99. The molecule has 0 spiro atoms. The number of hydrogen-bond acceptors (Lipinski definition) is 2. The molecule has 0 aliphatic heterocycles. The smallest absolute Gasteiger partial charge is 0.0579 e. The van der Waals surface area contributed by atoms with E-state index in [0.29, 0.717) is 0 Å². The van der Waals surface area contributed by atoms with Crippen LogP contribution in [0.1, 0.15) is 11.3 Å². The summed E-state index contributed by atoms with van der Waals surface area (Å²) in [4.78, 5) is 3.14. The second kappa shape index (κ2) is 4.09. The van der Waals surface area contributed by atoms with Crippen LogP contribution in [0.3, 0.4) is 0 Å². The van der Waals surface area contributed by atoms with Gasteiger partial charge in [-0.15, -0.1) is 0 Å². The first-order valence-corrected chi connectivity index (χ1v) is 4.98. The quantitative estimate of drug-likeness (QED) is 0.668. The lowest BCUT2D eigenvalue weighted by molar-refractivity contribution is 1.07. The molecule has 0 bridgehead atoms. The zero-order chi connectivity index (χ0) is 10.7. The molecule has 2 rings (SSSR count). The maximum Gasteiger partial charge on any atom is 0.0579 e. The number of aromatic amines is 1. The lowest BCUT2D eigenvalue weighted by atomic mass is 10.2. The number of nitrogens with two attached hydrogens (primary N) is 1. The Hall–Kier alpha value is -1.90. The summed E-state index contributed by atoms with van der Waals surface area (Å²) in [6.07, 6.45) is 1.91. The third kappa shape index (κ3) is 2.31. The van der Waals surface area contributed by atoms with Gasteiger partial charge in [0.2, 0.25) is 0 Å². The van der Waals surface area contributed by atoms with E-state index in [-0.39, 0.29) is 0 Å². The number of nitrogen functional groups attached to an aromatic ring is 1. The van der Waals surface area contributed by atoms with Crippen molar-refractivity contribution >= 4 is 11.4 Å². The Kier molecular flexibility index (Phi) is 2.63. The number of aryl methyl sites for hydroxylation is 1. The van der Waals surface area contributed by atoms with Crippen LogP contribution in [0.4, 0.5) is 11.4 Å². The van der Waals surface area contributed by atoms with Crippen molar-refractivity contribution in [3.63, 3.8) is 0 Å². The molecule has 1 aromatic carbocycles. The van der Waals surface area contributed by atoms with Gasteiger partial charge in [0.25, 0.3) is 0 Å². The molecule has 0 saturated heterocycles. The zero-order valence-electron chi connectivity index (χ0n) is 8.75. The van der Waals surface area contributed by atoms with Gasteiger partial charge in [-0.1, -0.05) is 6.07 Å². The third-order valence-electron chi connectivity index (χ3n) is 2.34. The Bertz CT molecular complexity index is 432. The van der Waals surface area contributed by atoms with Crippen LogP contribution in [0.2, 0.25) is 0 Å². The molecule has 1 aromatic heterocycles. The number of rotatable bonds is 3. The molecule has 0 amide bonds. The van der Waals surface area contributed by atoms with E-state index in [0.717, 1.165) is 23.6 Å². The van der Waals surface area contributed by atoms with Gasteiger partial charge in [-0.25, -0.2) is 0 Å². The molecule has 15 heavy (non-hydrogen) atoms. The second-order valence-corrected chi connectivity index (χ2v) is 3.64. The summed E-state index contributed by atoms with van der Waals surface area (Å²) >= 11 is 0. The van der Waals surface area contributed by atoms with Gasteiger partial charge in [-0.2, -0.15) is 0 Å². The molecule has 4 N–H and O–H groups in total. The normalized spacial score (nSPS) is 10.2. The molecule has 1 heterocycles. The molecular formula is C12H15N3. The molecule has 0 saturated carbocycles. The fraction of sp³-hybridized carbons (Fsp3) is 0.167. The molecule has 0 unspecified atom stereocenters. The first kappa shape index (κ1) is 9.65. The highest BCUT2D eigenvalue weighted by atomic mass is 14.9. The molecule has 3 heteroatoms. The molecule has 0 atom stereocenters. The van der Waals surface area contributed by atoms with Gasteiger partial charge in [-0.05, 0) is 36.8 Å². The SMILES string of the molecule is Cc1ccc(N)c(NCc2ccc[nH]2)c1. The fourth-order valence-electron chi connectivity index (χ4n) is 1.49. The van der Waals surface area contributed by atoms with Crippen LogP contribution in [-0.2, 0) is 6.54 Å². The molecule has 2 aromatic rings. The molecule has 0 aliphatic carbocycles. The van der Waals surface area contributed by atoms with Gasteiger partial charge in [-0.3, -0.25) is 0 Å². The number of H-pyrrole nitrogens is 1. The first-order chi connectivity index (χ1) is 7.25. The third-order valence-corrected chi connectivity index (χ3v) is 2.34. The van der Waals surface area contributed by atoms with Gasteiger partial charge < -0.3 is 16.0 Å². The van der Waals surface area contributed by atoms with E-state index in [1.807, 2.05) is 30.5 Å². The predicted octanol–water partition coefficient (Wildman–Crippen LogP) is 2.52. The Balaban J connectivity index is 2.07. The molecule has 0 aliphatic rings. The number of hydrogen-bond donors (Lipinski definition) is 3. The van der Waals surface area contributed by atoms with E-state index in [2.05, 4.69) is 23.3 Å². The average Bonchev–Trinajstić information content (AvgIpc) is 2.72. The van der Waals surface area contributed by atoms with Crippen molar-refractivity contribution in [1.82, 2.24) is 4.98 Å². The molecule has 0 radical (unpaired) electrons. The van der Waals surface area contributed by atoms with Crippen molar-refractivity contribution in [3.8, 4) is 0 Å². The topological polar surface area (TPSA) is 53.8 Å². The number of nitrogens with one attached hydrogen (secondary N) is 2. The summed E-state index contributed by atoms with van der Waals surface area (Å²) in [6, 6.07) is 10.0. The standard InChI is InChI=1S/C12H15N3/c1-9-4-5-11(13)12(7-9)15-8-10-3-2-6-14-10/h2-7,14-15H,8,13H2,1H3. The number of benzene rings is 1. The monoisotopic (exact) mass is 201 g/mol. The van der Waals surface area contributed by atoms with Crippen molar-refractivity contribution in [2.24, 2.45) is 0 Å². The van der Waals surface area contributed by atoms with E-state index in [4.69, 9.17) is 5.73 Å². The minimum Gasteiger partial charge on any atom is -0.397 e. The van der Waals surface area contributed by atoms with Crippen LogP contribution in [0, 0.1) is 6.92 Å². The highest BCUT2D eigenvalue weighted by molar-refractivity contribution is 5.66. The van der Waals surface area contributed by atoms with Crippen molar-refractivity contribution in [1.29, 1.82) is 0 Å². The maximum absolute atomic E-state index is 5.86. The molecule has 78 valence electrons. The summed E-state index contributed by atoms with van der Waals surface area (Å²) in [6.45, 7) is 2.82. The van der Waals surface area contributed by atoms with Gasteiger partial charge >= 0.3 is 0 Å². The van der Waals surface area contributed by atoms with E-state index in [9.17, 15) is 0 Å². The van der Waals surface area contributed by atoms with Crippen LogP contribution >= 0.6 is 0 Å². The van der Waals surface area contributed by atoms with Crippen molar-refractivity contribution in [2.45, 2.75) is 13.5 Å². The van der Waals surface area contributed by atoms with Gasteiger partial charge in [0, 0.05) is 11.9 Å². The van der Waals surface area contributed by atoms with Gasteiger partial charge in [0.05, 0.1) is 17.9 Å². The lowest BCUT2D eigenvalue weighted by Gasteiger charge is -2.09. The van der Waals surface area contributed by atoms with E-state index in [1.165, 1.54) is 5.56 Å². The Morgan fingerprint density at radius 3 is 2.93 bits per heavy atom. The Labute approximate surface area is 89.3 Å². The molecule has 3 nitrogen and oxygen atoms in total. The summed E-state index contributed by atoms with van der Waals surface area (Å²) in [5, 5.41) is 3.30. The maximum atomic E-state index is 5.86. The van der Waals surface area contributed by atoms with Gasteiger partial charge in [0.15, 0.2) is 0 Å². The van der Waals surface area contributed by atoms with Crippen molar-refractivity contribution in [3.05, 3.63) is 47.8 Å². The van der Waals surface area contributed by atoms with Crippen LogP contribution < -0.4 is 11.1 Å². The van der Waals surface area contributed by atoms with E-state index >= 15 is 0 Å². The van der Waals surface area contributed by atoms with Crippen molar-refractivity contribution < 1.29 is 0 Å². The largest absolute Gasteiger partial charge is 0.397 e. The highest BCUT2D eigenvalue weighted by Crippen LogP contribution is 2.19. The van der Waals surface area contributed by atoms with Gasteiger partial charge in [0.1, 0.15) is 0 Å². The predicted molar refractivity (Wildman–Crippen MR) is 63.7 cm³/mol. The van der Waals surface area contributed by atoms with Crippen LogP contribution in [0.15, 0.2) is 36.5 Å². The summed E-state index contributed by atoms with van der Waals surface area (Å²) < 4.78 is 0. The van der Waals surface area contributed by atoms with Crippen LogP contribution in [-0.4, -0.2) is 4.98 Å². The minimum atomic E-state index is 0.765. The Morgan fingerprint density at radius 1 is 1.33 bits per heavy atom. The second-order valence-electron chi connectivity index (χ2n) is 3.64. The molecular weight excluding hydrogens is 186 g/mol. The number of anilines is 2. The van der Waals surface area contributed by atoms with Crippen LogP contribution in [0.25, 0.3) is 0 Å². The summed E-state index contributed by atoms with van der Waals surface area (Å²) in [5.74, 6) is 0. The first-order valence-electron chi connectivity index (χ1n) is 4.98. The summed E-state index contributed by atoms with van der Waals surface area (Å²) in [7, 11) is 0. The molecule has 0 fully saturated rings. The van der Waals surface area contributed by atoms with Crippen molar-refractivity contribution in [2.75, 3.05) is 11.1 Å². The van der Waals surface area contributed by atoms with E-state index in [1.54, 1.807) is 0 Å². The Morgan fingerprint density at radius 2 is 2.20 bits per heavy atom. The van der Waals surface area contributed by atoms with Crippen LogP contribution in [0.5, 0.6) is 0 Å². The minimum absolute atomic E-state index is 0.765. The lowest BCUT2D eigenvalue weighted by Crippen LogP contribution is -2.02. The number of aromatic nitrogens is 1. The van der Waals surface area contributed by atoms with E-state index < -0.39 is 0 Å². The fourth-order valence-corrected chi connectivity index (χ4v) is 1.49. The summed E-state index contributed by atoms with van der Waals surface area (Å²) in [5.41, 5.74) is 9.99. The average molecular weight is 201 g/mol.